The van der Waals surface area contributed by atoms with Crippen molar-refractivity contribution in [2.75, 3.05) is 19.6 Å². The van der Waals surface area contributed by atoms with E-state index in [0.29, 0.717) is 6.54 Å². The average molecular weight is 172 g/mol. The van der Waals surface area contributed by atoms with Crippen LogP contribution in [0.5, 0.6) is 0 Å². The average Bonchev–Trinajstić information content (AvgIpc) is 2.06. The molecule has 0 fully saturated rings. The van der Waals surface area contributed by atoms with Gasteiger partial charge in [0.1, 0.15) is 0 Å². The Morgan fingerprint density at radius 3 is 2.42 bits per heavy atom. The van der Waals surface area contributed by atoms with Crippen molar-refractivity contribution in [3.05, 3.63) is 0 Å². The molecule has 2 amide bonds. The second-order valence-corrected chi connectivity index (χ2v) is 2.77. The maximum atomic E-state index is 11.3. The first-order valence-electron chi connectivity index (χ1n) is 4.79. The van der Waals surface area contributed by atoms with Gasteiger partial charge in [0.2, 0.25) is 0 Å². The van der Waals surface area contributed by atoms with Crippen LogP contribution in [0.15, 0.2) is 0 Å². The Balaban J connectivity index is 3.71. The van der Waals surface area contributed by atoms with E-state index in [4.69, 9.17) is 0 Å². The summed E-state index contributed by atoms with van der Waals surface area (Å²) < 4.78 is 0. The number of urea groups is 1. The van der Waals surface area contributed by atoms with E-state index < -0.39 is 0 Å². The van der Waals surface area contributed by atoms with Crippen LogP contribution in [0.1, 0.15) is 33.6 Å². The number of unbranched alkanes of at least 4 members (excludes halogenated alkanes) is 1. The number of amides is 2. The minimum Gasteiger partial charge on any atom is -0.338 e. The molecule has 0 radical (unpaired) electrons. The Morgan fingerprint density at radius 2 is 2.00 bits per heavy atom. The van der Waals surface area contributed by atoms with Crippen molar-refractivity contribution in [3.63, 3.8) is 0 Å². The molecule has 0 aliphatic heterocycles. The molecule has 0 saturated carbocycles. The first-order chi connectivity index (χ1) is 5.76. The zero-order valence-corrected chi connectivity index (χ0v) is 8.39. The highest BCUT2D eigenvalue weighted by Crippen LogP contribution is 1.94. The second kappa shape index (κ2) is 6.95. The Hall–Kier alpha value is -0.730. The molecule has 0 saturated heterocycles. The summed E-state index contributed by atoms with van der Waals surface area (Å²) in [7, 11) is 0. The van der Waals surface area contributed by atoms with Crippen molar-refractivity contribution < 1.29 is 4.79 Å². The fourth-order valence-corrected chi connectivity index (χ4v) is 1.02. The van der Waals surface area contributed by atoms with E-state index in [1.807, 2.05) is 18.7 Å². The highest BCUT2D eigenvalue weighted by Gasteiger charge is 2.07. The molecule has 0 aliphatic carbocycles. The molecule has 0 rings (SSSR count). The molecule has 0 aromatic carbocycles. The number of carbonyl (C=O) groups is 1. The molecule has 0 bridgehead atoms. The topological polar surface area (TPSA) is 32.3 Å². The normalized spacial score (nSPS) is 9.58. The van der Waals surface area contributed by atoms with Gasteiger partial charge >= 0.3 is 6.03 Å². The lowest BCUT2D eigenvalue weighted by Crippen LogP contribution is -2.40. The van der Waals surface area contributed by atoms with E-state index in [1.165, 1.54) is 0 Å². The lowest BCUT2D eigenvalue weighted by Gasteiger charge is -2.20. The van der Waals surface area contributed by atoms with Gasteiger partial charge < -0.3 is 10.2 Å². The monoisotopic (exact) mass is 172 g/mol. The summed E-state index contributed by atoms with van der Waals surface area (Å²) in [4.78, 5) is 13.1. The van der Waals surface area contributed by atoms with Crippen LogP contribution in [0.3, 0.4) is 0 Å². The zero-order chi connectivity index (χ0) is 9.40. The van der Waals surface area contributed by atoms with Gasteiger partial charge in [-0.15, -0.1) is 0 Å². The van der Waals surface area contributed by atoms with Crippen LogP contribution < -0.4 is 5.32 Å². The second-order valence-electron chi connectivity index (χ2n) is 2.77. The van der Waals surface area contributed by atoms with Gasteiger partial charge in [0.15, 0.2) is 0 Å². The number of hydrogen-bond acceptors (Lipinski definition) is 1. The third-order valence-electron chi connectivity index (χ3n) is 1.78. The van der Waals surface area contributed by atoms with E-state index in [9.17, 15) is 4.79 Å². The third kappa shape index (κ3) is 4.21. The summed E-state index contributed by atoms with van der Waals surface area (Å²) in [6.45, 7) is 8.45. The molecular formula is C9H20N2O. The first-order valence-corrected chi connectivity index (χ1v) is 4.79. The van der Waals surface area contributed by atoms with Gasteiger partial charge in [-0.05, 0) is 20.3 Å². The van der Waals surface area contributed by atoms with Gasteiger partial charge in [-0.2, -0.15) is 0 Å². The number of nitrogens with zero attached hydrogens (tertiary/aromatic N) is 1. The van der Waals surface area contributed by atoms with Crippen molar-refractivity contribution in [1.29, 1.82) is 0 Å². The van der Waals surface area contributed by atoms with Crippen LogP contribution >= 0.6 is 0 Å². The van der Waals surface area contributed by atoms with Crippen LogP contribution in [-0.4, -0.2) is 30.6 Å². The van der Waals surface area contributed by atoms with E-state index >= 15 is 0 Å². The summed E-state index contributed by atoms with van der Waals surface area (Å²) in [5, 5.41) is 2.79. The first kappa shape index (κ1) is 11.3. The maximum Gasteiger partial charge on any atom is 0.317 e. The molecule has 3 heteroatoms. The van der Waals surface area contributed by atoms with E-state index in [0.717, 1.165) is 25.9 Å². The zero-order valence-electron chi connectivity index (χ0n) is 8.39. The minimum absolute atomic E-state index is 0.0634. The lowest BCUT2D eigenvalue weighted by atomic mass is 10.3. The van der Waals surface area contributed by atoms with Gasteiger partial charge in [-0.25, -0.2) is 4.79 Å². The van der Waals surface area contributed by atoms with Gasteiger partial charge in [0.25, 0.3) is 0 Å². The van der Waals surface area contributed by atoms with E-state index in [2.05, 4.69) is 12.2 Å². The van der Waals surface area contributed by atoms with Crippen LogP contribution in [0.4, 0.5) is 4.79 Å². The Kier molecular flexibility index (Phi) is 6.53. The van der Waals surface area contributed by atoms with Crippen molar-refractivity contribution in [3.8, 4) is 0 Å². The molecule has 0 spiro atoms. The maximum absolute atomic E-state index is 11.3. The van der Waals surface area contributed by atoms with Crippen LogP contribution in [0.2, 0.25) is 0 Å². The SMILES string of the molecule is CCCCN(CC)C(=O)NCC. The molecule has 0 aromatic heterocycles. The fraction of sp³-hybridized carbons (Fsp3) is 0.889. The van der Waals surface area contributed by atoms with Gasteiger partial charge in [0, 0.05) is 19.6 Å². The Labute approximate surface area is 75.1 Å². The number of carbonyl (C=O) groups excluding carboxylic acids is 1. The summed E-state index contributed by atoms with van der Waals surface area (Å²) in [5.41, 5.74) is 0. The minimum atomic E-state index is 0.0634. The van der Waals surface area contributed by atoms with Crippen LogP contribution in [0.25, 0.3) is 0 Å². The third-order valence-corrected chi connectivity index (χ3v) is 1.78. The predicted molar refractivity (Wildman–Crippen MR) is 51.2 cm³/mol. The summed E-state index contributed by atoms with van der Waals surface area (Å²) in [6.07, 6.45) is 2.22. The lowest BCUT2D eigenvalue weighted by molar-refractivity contribution is 0.200. The van der Waals surface area contributed by atoms with Crippen molar-refractivity contribution in [2.24, 2.45) is 0 Å². The standard InChI is InChI=1S/C9H20N2O/c1-4-7-8-11(6-3)9(12)10-5-2/h4-8H2,1-3H3,(H,10,12). The summed E-state index contributed by atoms with van der Waals surface area (Å²) >= 11 is 0. The number of hydrogen-bond donors (Lipinski definition) is 1. The summed E-state index contributed by atoms with van der Waals surface area (Å²) in [5.74, 6) is 0. The smallest absolute Gasteiger partial charge is 0.317 e. The Morgan fingerprint density at radius 1 is 1.33 bits per heavy atom. The number of rotatable bonds is 5. The molecule has 0 atom stereocenters. The molecule has 72 valence electrons. The van der Waals surface area contributed by atoms with Crippen LogP contribution in [0, 0.1) is 0 Å². The van der Waals surface area contributed by atoms with Gasteiger partial charge in [-0.1, -0.05) is 13.3 Å². The largest absolute Gasteiger partial charge is 0.338 e. The molecule has 0 unspecified atom stereocenters. The summed E-state index contributed by atoms with van der Waals surface area (Å²) in [6, 6.07) is 0.0634. The predicted octanol–water partition coefficient (Wildman–Crippen LogP) is 1.84. The Bertz CT molecular complexity index is 126. The van der Waals surface area contributed by atoms with E-state index in [1.54, 1.807) is 0 Å². The number of nitrogens with one attached hydrogen (secondary N) is 1. The van der Waals surface area contributed by atoms with E-state index in [-0.39, 0.29) is 6.03 Å². The van der Waals surface area contributed by atoms with Crippen molar-refractivity contribution in [1.82, 2.24) is 10.2 Å². The molecular weight excluding hydrogens is 152 g/mol. The van der Waals surface area contributed by atoms with Crippen molar-refractivity contribution >= 4 is 6.03 Å². The fourth-order valence-electron chi connectivity index (χ4n) is 1.02. The molecule has 1 N–H and O–H groups in total. The van der Waals surface area contributed by atoms with Gasteiger partial charge in [0.05, 0.1) is 0 Å². The molecule has 0 aromatic rings. The molecule has 0 aliphatic rings. The highest BCUT2D eigenvalue weighted by molar-refractivity contribution is 5.73. The molecule has 3 nitrogen and oxygen atoms in total. The van der Waals surface area contributed by atoms with Crippen molar-refractivity contribution in [2.45, 2.75) is 33.6 Å². The highest BCUT2D eigenvalue weighted by atomic mass is 16.2. The molecule has 0 heterocycles. The molecule has 12 heavy (non-hydrogen) atoms. The quantitative estimate of drug-likeness (QED) is 0.674. The van der Waals surface area contributed by atoms with Gasteiger partial charge in [-0.3, -0.25) is 0 Å². The van der Waals surface area contributed by atoms with Crippen LogP contribution in [-0.2, 0) is 0 Å².